The summed E-state index contributed by atoms with van der Waals surface area (Å²) < 4.78 is 0. The van der Waals surface area contributed by atoms with Gasteiger partial charge in [-0.15, -0.1) is 20.4 Å². The van der Waals surface area contributed by atoms with Gasteiger partial charge in [-0.25, -0.2) is 0 Å². The highest BCUT2D eigenvalue weighted by atomic mass is 16.1. The normalized spacial score (nSPS) is 19.7. The zero-order chi connectivity index (χ0) is 16.3. The number of rotatable bonds is 3. The lowest BCUT2D eigenvalue weighted by Crippen LogP contribution is -2.50. The Morgan fingerprint density at radius 3 is 2.61 bits per heavy atom. The van der Waals surface area contributed by atoms with Crippen LogP contribution in [-0.4, -0.2) is 31.3 Å². The predicted octanol–water partition coefficient (Wildman–Crippen LogP) is -0.423. The highest BCUT2D eigenvalue weighted by molar-refractivity contribution is 5.75. The van der Waals surface area contributed by atoms with E-state index < -0.39 is 5.66 Å². The molecule has 0 aromatic carbocycles. The number of nitrogens with one attached hydrogen (secondary N) is 2. The fraction of sp³-hybridized carbons (Fsp3) is 0.143. The third-order valence-corrected chi connectivity index (χ3v) is 3.06. The monoisotopic (exact) mass is 310 g/mol. The first-order chi connectivity index (χ1) is 11.1. The minimum Gasteiger partial charge on any atom is -0.362 e. The van der Waals surface area contributed by atoms with Gasteiger partial charge in [0.2, 0.25) is 17.6 Å². The number of pyridine rings is 1. The molecule has 3 rings (SSSR count). The van der Waals surface area contributed by atoms with Crippen molar-refractivity contribution in [3.05, 3.63) is 54.3 Å². The van der Waals surface area contributed by atoms with Crippen molar-refractivity contribution < 1.29 is 4.79 Å². The Morgan fingerprint density at radius 2 is 2.04 bits per heavy atom. The maximum Gasteiger partial charge on any atom is 0.221 e. The minimum absolute atomic E-state index is 0.175. The quantitative estimate of drug-likeness (QED) is 0.696. The van der Waals surface area contributed by atoms with E-state index in [4.69, 9.17) is 5.73 Å². The second kappa shape index (κ2) is 5.89. The molecule has 3 heterocycles. The molecule has 1 atom stereocenters. The molecule has 4 N–H and O–H groups in total. The third kappa shape index (κ3) is 3.19. The molecule has 0 saturated heterocycles. The minimum atomic E-state index is -1.15. The molecule has 2 aromatic rings. The summed E-state index contributed by atoms with van der Waals surface area (Å²) in [7, 11) is 0. The van der Waals surface area contributed by atoms with Crippen molar-refractivity contribution in [3.63, 3.8) is 0 Å². The van der Waals surface area contributed by atoms with Gasteiger partial charge in [-0.05, 0) is 24.3 Å². The molecule has 1 aliphatic heterocycles. The fourth-order valence-corrected chi connectivity index (χ4v) is 1.93. The van der Waals surface area contributed by atoms with Crippen molar-refractivity contribution >= 4 is 5.91 Å². The number of hydrogen-bond donors (Lipinski definition) is 3. The van der Waals surface area contributed by atoms with E-state index in [2.05, 4.69) is 36.0 Å². The highest BCUT2D eigenvalue weighted by Gasteiger charge is 2.30. The van der Waals surface area contributed by atoms with Crippen LogP contribution < -0.4 is 16.4 Å². The molecule has 2 aromatic heterocycles. The number of carbonyl (C=O) groups excluding carboxylic acids is 1. The SMILES string of the molecule is CC(=O)NC1=CNC(N)(c2nnc(-c3ccccn3)nn2)C=C1. The first-order valence-electron chi connectivity index (χ1n) is 6.80. The summed E-state index contributed by atoms with van der Waals surface area (Å²) in [5.41, 5.74) is 6.20. The van der Waals surface area contributed by atoms with Crippen LogP contribution in [0.5, 0.6) is 0 Å². The van der Waals surface area contributed by atoms with Crippen molar-refractivity contribution in [3.8, 4) is 11.5 Å². The van der Waals surface area contributed by atoms with E-state index in [9.17, 15) is 4.79 Å². The average Bonchev–Trinajstić information content (AvgIpc) is 2.58. The largest absolute Gasteiger partial charge is 0.362 e. The summed E-state index contributed by atoms with van der Waals surface area (Å²) in [5.74, 6) is 0.338. The summed E-state index contributed by atoms with van der Waals surface area (Å²) in [4.78, 5) is 15.2. The van der Waals surface area contributed by atoms with Gasteiger partial charge < -0.3 is 10.6 Å². The van der Waals surface area contributed by atoms with Crippen LogP contribution in [0, 0.1) is 0 Å². The molecule has 0 bridgehead atoms. The molecule has 1 aliphatic rings. The highest BCUT2D eigenvalue weighted by Crippen LogP contribution is 2.17. The van der Waals surface area contributed by atoms with Gasteiger partial charge in [0.25, 0.3) is 0 Å². The summed E-state index contributed by atoms with van der Waals surface area (Å²) in [5, 5.41) is 21.6. The van der Waals surface area contributed by atoms with Crippen LogP contribution in [0.4, 0.5) is 0 Å². The van der Waals surface area contributed by atoms with Gasteiger partial charge in [-0.3, -0.25) is 15.5 Å². The zero-order valence-corrected chi connectivity index (χ0v) is 12.3. The molecule has 116 valence electrons. The maximum absolute atomic E-state index is 11.0. The van der Waals surface area contributed by atoms with E-state index in [-0.39, 0.29) is 11.7 Å². The van der Waals surface area contributed by atoms with Gasteiger partial charge in [0.05, 0.1) is 5.70 Å². The lowest BCUT2D eigenvalue weighted by Gasteiger charge is -2.27. The Bertz CT molecular complexity index is 771. The molecular formula is C14H14N8O. The number of nitrogens with two attached hydrogens (primary N) is 1. The van der Waals surface area contributed by atoms with E-state index >= 15 is 0 Å². The third-order valence-electron chi connectivity index (χ3n) is 3.06. The molecule has 0 aliphatic carbocycles. The number of hydrogen-bond acceptors (Lipinski definition) is 8. The number of aromatic nitrogens is 5. The maximum atomic E-state index is 11.0. The molecule has 0 spiro atoms. The number of nitrogens with zero attached hydrogens (tertiary/aromatic N) is 5. The van der Waals surface area contributed by atoms with Crippen LogP contribution in [-0.2, 0) is 10.5 Å². The molecule has 0 fully saturated rings. The van der Waals surface area contributed by atoms with E-state index in [1.54, 1.807) is 36.7 Å². The molecule has 9 nitrogen and oxygen atoms in total. The number of allylic oxidation sites excluding steroid dienone is 1. The molecule has 23 heavy (non-hydrogen) atoms. The summed E-state index contributed by atoms with van der Waals surface area (Å²) in [6.07, 6.45) is 6.49. The smallest absolute Gasteiger partial charge is 0.221 e. The van der Waals surface area contributed by atoms with Crippen molar-refractivity contribution in [2.45, 2.75) is 12.6 Å². The van der Waals surface area contributed by atoms with Gasteiger partial charge in [-0.1, -0.05) is 6.07 Å². The van der Waals surface area contributed by atoms with E-state index in [0.29, 0.717) is 17.2 Å². The zero-order valence-electron chi connectivity index (χ0n) is 12.3. The number of carbonyl (C=O) groups is 1. The molecule has 0 saturated carbocycles. The summed E-state index contributed by atoms with van der Waals surface area (Å²) >= 11 is 0. The Hall–Kier alpha value is -3.20. The second-order valence-corrected chi connectivity index (χ2v) is 4.89. The Kier molecular flexibility index (Phi) is 3.77. The molecule has 1 unspecified atom stereocenters. The van der Waals surface area contributed by atoms with Crippen molar-refractivity contribution in [2.75, 3.05) is 0 Å². The Labute approximate surface area is 131 Å². The van der Waals surface area contributed by atoms with Crippen LogP contribution in [0.3, 0.4) is 0 Å². The van der Waals surface area contributed by atoms with Crippen LogP contribution >= 0.6 is 0 Å². The van der Waals surface area contributed by atoms with Crippen LogP contribution in [0.1, 0.15) is 12.7 Å². The fourth-order valence-electron chi connectivity index (χ4n) is 1.93. The van der Waals surface area contributed by atoms with E-state index in [0.717, 1.165) is 0 Å². The van der Waals surface area contributed by atoms with Gasteiger partial charge in [0.1, 0.15) is 5.69 Å². The van der Waals surface area contributed by atoms with Crippen LogP contribution in [0.15, 0.2) is 48.4 Å². The van der Waals surface area contributed by atoms with Crippen molar-refractivity contribution in [1.29, 1.82) is 0 Å². The van der Waals surface area contributed by atoms with Crippen molar-refractivity contribution in [1.82, 2.24) is 36.0 Å². The van der Waals surface area contributed by atoms with Crippen LogP contribution in [0.2, 0.25) is 0 Å². The first kappa shape index (κ1) is 14.7. The topological polar surface area (TPSA) is 132 Å². The van der Waals surface area contributed by atoms with Crippen LogP contribution in [0.25, 0.3) is 11.5 Å². The predicted molar refractivity (Wildman–Crippen MR) is 80.9 cm³/mol. The van der Waals surface area contributed by atoms with Gasteiger partial charge in [0.15, 0.2) is 5.66 Å². The van der Waals surface area contributed by atoms with Gasteiger partial charge >= 0.3 is 0 Å². The van der Waals surface area contributed by atoms with Crippen molar-refractivity contribution in [2.24, 2.45) is 5.73 Å². The second-order valence-electron chi connectivity index (χ2n) is 4.89. The number of dihydropyridines is 1. The Morgan fingerprint density at radius 1 is 1.26 bits per heavy atom. The summed E-state index contributed by atoms with van der Waals surface area (Å²) in [6.45, 7) is 1.42. The van der Waals surface area contributed by atoms with E-state index in [1.807, 2.05) is 6.07 Å². The average molecular weight is 310 g/mol. The summed E-state index contributed by atoms with van der Waals surface area (Å²) in [6, 6.07) is 5.38. The first-order valence-corrected chi connectivity index (χ1v) is 6.80. The molecule has 0 radical (unpaired) electrons. The lowest BCUT2D eigenvalue weighted by atomic mass is 10.1. The van der Waals surface area contributed by atoms with Gasteiger partial charge in [-0.2, -0.15) is 0 Å². The molecule has 1 amide bonds. The molecular weight excluding hydrogens is 296 g/mol. The van der Waals surface area contributed by atoms with E-state index in [1.165, 1.54) is 6.92 Å². The standard InChI is InChI=1S/C14H14N8O/c1-9(23)18-10-5-6-14(15,17-8-10)13-21-19-12(20-22-13)11-4-2-3-7-16-11/h2-8,17H,15H2,1H3,(H,18,23). The lowest BCUT2D eigenvalue weighted by molar-refractivity contribution is -0.118. The number of amides is 1. The molecule has 9 heteroatoms. The van der Waals surface area contributed by atoms with Gasteiger partial charge in [0, 0.05) is 19.3 Å². The Balaban J connectivity index is 1.79.